The van der Waals surface area contributed by atoms with Crippen molar-refractivity contribution in [2.75, 3.05) is 13.6 Å². The van der Waals surface area contributed by atoms with E-state index in [9.17, 15) is 5.11 Å². The number of rotatable bonds is 5. The van der Waals surface area contributed by atoms with Crippen LogP contribution in [0.25, 0.3) is 0 Å². The van der Waals surface area contributed by atoms with Crippen LogP contribution in [0.2, 0.25) is 0 Å². The van der Waals surface area contributed by atoms with E-state index in [2.05, 4.69) is 4.90 Å². The van der Waals surface area contributed by atoms with Gasteiger partial charge in [-0.15, -0.1) is 0 Å². The monoisotopic (exact) mass is 211 g/mol. The molecule has 0 aliphatic rings. The van der Waals surface area contributed by atoms with Crippen LogP contribution in [0.5, 0.6) is 0 Å². The van der Waals surface area contributed by atoms with E-state index in [0.717, 1.165) is 12.1 Å². The molecule has 0 saturated carbocycles. The van der Waals surface area contributed by atoms with Crippen molar-refractivity contribution in [2.24, 2.45) is 5.92 Å². The van der Waals surface area contributed by atoms with Gasteiger partial charge < -0.3 is 9.52 Å². The zero-order valence-electron chi connectivity index (χ0n) is 10.0. The quantitative estimate of drug-likeness (QED) is 0.810. The second kappa shape index (κ2) is 4.81. The predicted octanol–water partition coefficient (Wildman–Crippen LogP) is 2.12. The lowest BCUT2D eigenvalue weighted by Crippen LogP contribution is -2.42. The van der Waals surface area contributed by atoms with Crippen LogP contribution in [0.15, 0.2) is 23.0 Å². The molecule has 1 aromatic heterocycles. The maximum atomic E-state index is 10.1. The summed E-state index contributed by atoms with van der Waals surface area (Å²) in [6.07, 6.45) is 3.41. The van der Waals surface area contributed by atoms with E-state index in [4.69, 9.17) is 4.42 Å². The van der Waals surface area contributed by atoms with Gasteiger partial charge in [-0.05, 0) is 26.0 Å². The van der Waals surface area contributed by atoms with Crippen LogP contribution in [-0.2, 0) is 6.54 Å². The fourth-order valence-corrected chi connectivity index (χ4v) is 1.48. The van der Waals surface area contributed by atoms with Gasteiger partial charge in [0.25, 0.3) is 0 Å². The van der Waals surface area contributed by atoms with E-state index >= 15 is 0 Å². The number of hydrogen-bond acceptors (Lipinski definition) is 3. The fourth-order valence-electron chi connectivity index (χ4n) is 1.48. The van der Waals surface area contributed by atoms with Gasteiger partial charge in [0, 0.05) is 18.7 Å². The first-order chi connectivity index (χ1) is 6.92. The molecule has 0 aliphatic heterocycles. The third kappa shape index (κ3) is 3.68. The molecule has 0 saturated heterocycles. The van der Waals surface area contributed by atoms with Crippen molar-refractivity contribution in [1.29, 1.82) is 0 Å². The van der Waals surface area contributed by atoms with E-state index in [1.165, 1.54) is 0 Å². The van der Waals surface area contributed by atoms with E-state index in [0.29, 0.717) is 6.54 Å². The minimum absolute atomic E-state index is 0.254. The molecule has 1 N–H and O–H groups in total. The minimum Gasteiger partial charge on any atom is -0.472 e. The normalized spacial score (nSPS) is 15.9. The highest BCUT2D eigenvalue weighted by Gasteiger charge is 2.26. The Labute approximate surface area is 91.7 Å². The largest absolute Gasteiger partial charge is 0.472 e. The molecule has 0 bridgehead atoms. The van der Waals surface area contributed by atoms with Crippen LogP contribution in [0, 0.1) is 5.92 Å². The first-order valence-electron chi connectivity index (χ1n) is 5.34. The molecule has 1 unspecified atom stereocenters. The second-order valence-electron chi connectivity index (χ2n) is 4.82. The lowest BCUT2D eigenvalue weighted by atomic mass is 9.92. The van der Waals surface area contributed by atoms with E-state index in [1.807, 2.05) is 33.9 Å². The lowest BCUT2D eigenvalue weighted by molar-refractivity contribution is -0.0147. The first-order valence-corrected chi connectivity index (χ1v) is 5.34. The Hall–Kier alpha value is -0.800. The zero-order chi connectivity index (χ0) is 11.5. The summed E-state index contributed by atoms with van der Waals surface area (Å²) in [6, 6.07) is 1.95. The van der Waals surface area contributed by atoms with Crippen molar-refractivity contribution >= 4 is 0 Å². The second-order valence-corrected chi connectivity index (χ2v) is 4.82. The summed E-state index contributed by atoms with van der Waals surface area (Å²) in [5, 5.41) is 10.1. The Kier molecular flexibility index (Phi) is 3.94. The molecule has 3 heteroatoms. The van der Waals surface area contributed by atoms with Crippen molar-refractivity contribution < 1.29 is 9.52 Å². The van der Waals surface area contributed by atoms with Crippen molar-refractivity contribution in [1.82, 2.24) is 4.90 Å². The molecule has 1 heterocycles. The van der Waals surface area contributed by atoms with Gasteiger partial charge in [-0.2, -0.15) is 0 Å². The van der Waals surface area contributed by atoms with Gasteiger partial charge in [0.05, 0.1) is 18.1 Å². The molecule has 0 spiro atoms. The molecule has 1 rings (SSSR count). The molecule has 0 aromatic carbocycles. The minimum atomic E-state index is -0.640. The summed E-state index contributed by atoms with van der Waals surface area (Å²) in [4.78, 5) is 2.10. The van der Waals surface area contributed by atoms with Gasteiger partial charge in [0.1, 0.15) is 0 Å². The van der Waals surface area contributed by atoms with Gasteiger partial charge in [-0.3, -0.25) is 4.90 Å². The summed E-state index contributed by atoms with van der Waals surface area (Å²) < 4.78 is 5.00. The smallest absolute Gasteiger partial charge is 0.0947 e. The first kappa shape index (κ1) is 12.3. The highest BCUT2D eigenvalue weighted by molar-refractivity contribution is 5.04. The number of aliphatic hydroxyl groups is 1. The summed E-state index contributed by atoms with van der Waals surface area (Å²) in [6.45, 7) is 7.41. The average Bonchev–Trinajstić information content (AvgIpc) is 2.54. The molecular formula is C12H21NO2. The molecule has 0 aliphatic carbocycles. The van der Waals surface area contributed by atoms with Crippen LogP contribution in [-0.4, -0.2) is 29.2 Å². The standard InChI is InChI=1S/C12H21NO2/c1-10(2)12(3,14)9-13(4)7-11-5-6-15-8-11/h5-6,8,10,14H,7,9H2,1-4H3. The third-order valence-electron chi connectivity index (χ3n) is 2.87. The van der Waals surface area contributed by atoms with E-state index < -0.39 is 5.60 Å². The Morgan fingerprint density at radius 3 is 2.67 bits per heavy atom. The van der Waals surface area contributed by atoms with Crippen LogP contribution in [0.1, 0.15) is 26.3 Å². The zero-order valence-corrected chi connectivity index (χ0v) is 10.0. The van der Waals surface area contributed by atoms with Crippen molar-refractivity contribution in [3.63, 3.8) is 0 Å². The Morgan fingerprint density at radius 2 is 2.20 bits per heavy atom. The Morgan fingerprint density at radius 1 is 1.53 bits per heavy atom. The van der Waals surface area contributed by atoms with Crippen molar-refractivity contribution in [2.45, 2.75) is 32.9 Å². The predicted molar refractivity (Wildman–Crippen MR) is 60.5 cm³/mol. The van der Waals surface area contributed by atoms with E-state index in [-0.39, 0.29) is 5.92 Å². The van der Waals surface area contributed by atoms with Gasteiger partial charge >= 0.3 is 0 Å². The van der Waals surface area contributed by atoms with Crippen LogP contribution >= 0.6 is 0 Å². The highest BCUT2D eigenvalue weighted by Crippen LogP contribution is 2.18. The molecular weight excluding hydrogens is 190 g/mol. The molecule has 15 heavy (non-hydrogen) atoms. The maximum Gasteiger partial charge on any atom is 0.0947 e. The van der Waals surface area contributed by atoms with Crippen LogP contribution in [0.3, 0.4) is 0 Å². The van der Waals surface area contributed by atoms with Gasteiger partial charge in [-0.1, -0.05) is 13.8 Å². The van der Waals surface area contributed by atoms with Crippen LogP contribution < -0.4 is 0 Å². The average molecular weight is 211 g/mol. The number of hydrogen-bond donors (Lipinski definition) is 1. The molecule has 3 nitrogen and oxygen atoms in total. The fraction of sp³-hybridized carbons (Fsp3) is 0.667. The molecule has 0 fully saturated rings. The molecule has 86 valence electrons. The molecule has 0 radical (unpaired) electrons. The molecule has 1 atom stereocenters. The number of likely N-dealkylation sites (N-methyl/N-ethyl adjacent to an activating group) is 1. The van der Waals surface area contributed by atoms with Gasteiger partial charge in [-0.25, -0.2) is 0 Å². The highest BCUT2D eigenvalue weighted by atomic mass is 16.3. The molecule has 1 aromatic rings. The SMILES string of the molecule is CC(C)C(C)(O)CN(C)Cc1ccoc1. The van der Waals surface area contributed by atoms with Crippen molar-refractivity contribution in [3.8, 4) is 0 Å². The van der Waals surface area contributed by atoms with Crippen LogP contribution in [0.4, 0.5) is 0 Å². The Balaban J connectivity index is 2.45. The third-order valence-corrected chi connectivity index (χ3v) is 2.87. The van der Waals surface area contributed by atoms with E-state index in [1.54, 1.807) is 12.5 Å². The molecule has 0 amide bonds. The summed E-state index contributed by atoms with van der Waals surface area (Å²) in [7, 11) is 2.00. The number of nitrogens with zero attached hydrogens (tertiary/aromatic N) is 1. The lowest BCUT2D eigenvalue weighted by Gasteiger charge is -2.32. The maximum absolute atomic E-state index is 10.1. The summed E-state index contributed by atoms with van der Waals surface area (Å²) in [5.74, 6) is 0.254. The Bertz CT molecular complexity index is 278. The van der Waals surface area contributed by atoms with Gasteiger partial charge in [0.2, 0.25) is 0 Å². The summed E-state index contributed by atoms with van der Waals surface area (Å²) in [5.41, 5.74) is 0.496. The summed E-state index contributed by atoms with van der Waals surface area (Å²) >= 11 is 0. The van der Waals surface area contributed by atoms with Gasteiger partial charge in [0.15, 0.2) is 0 Å². The topological polar surface area (TPSA) is 36.6 Å². The number of furan rings is 1. The van der Waals surface area contributed by atoms with Crippen molar-refractivity contribution in [3.05, 3.63) is 24.2 Å².